The Morgan fingerprint density at radius 2 is 1.95 bits per heavy atom. The molecule has 108 valence electrons. The van der Waals surface area contributed by atoms with Crippen LogP contribution in [-0.4, -0.2) is 25.2 Å². The Morgan fingerprint density at radius 3 is 2.55 bits per heavy atom. The summed E-state index contributed by atoms with van der Waals surface area (Å²) in [5, 5.41) is 17.9. The van der Waals surface area contributed by atoms with E-state index in [1.807, 2.05) is 0 Å². The molecule has 0 amide bonds. The number of sulfonamides is 1. The Bertz CT molecular complexity index is 665. The maximum Gasteiger partial charge on any atom is 0.238 e. The van der Waals surface area contributed by atoms with Crippen molar-refractivity contribution in [2.75, 3.05) is 11.9 Å². The summed E-state index contributed by atoms with van der Waals surface area (Å²) < 4.78 is 22.3. The number of hydrogen-bond donors (Lipinski definition) is 2. The van der Waals surface area contributed by atoms with Crippen LogP contribution in [0.4, 0.5) is 5.13 Å². The third-order valence-electron chi connectivity index (χ3n) is 2.66. The van der Waals surface area contributed by atoms with Gasteiger partial charge in [-0.15, -0.1) is 10.2 Å². The molecule has 0 saturated heterocycles. The first-order valence-electron chi connectivity index (χ1n) is 6.21. The summed E-state index contributed by atoms with van der Waals surface area (Å²) in [7, 11) is -3.66. The fourth-order valence-corrected chi connectivity index (χ4v) is 2.86. The largest absolute Gasteiger partial charge is 0.360 e. The lowest BCUT2D eigenvalue weighted by atomic mass is 10.2. The van der Waals surface area contributed by atoms with Crippen LogP contribution >= 0.6 is 11.3 Å². The van der Waals surface area contributed by atoms with Gasteiger partial charge in [0, 0.05) is 12.1 Å². The smallest absolute Gasteiger partial charge is 0.238 e. The van der Waals surface area contributed by atoms with Gasteiger partial charge in [-0.3, -0.25) is 0 Å². The van der Waals surface area contributed by atoms with Crippen LogP contribution in [0.15, 0.2) is 29.2 Å². The van der Waals surface area contributed by atoms with Gasteiger partial charge < -0.3 is 5.32 Å². The first kappa shape index (κ1) is 14.9. The molecule has 2 rings (SSSR count). The molecule has 0 aliphatic carbocycles. The van der Waals surface area contributed by atoms with Crippen LogP contribution in [-0.2, 0) is 10.0 Å². The lowest BCUT2D eigenvalue weighted by Gasteiger charge is -1.99. The van der Waals surface area contributed by atoms with Crippen molar-refractivity contribution < 1.29 is 8.42 Å². The van der Waals surface area contributed by atoms with Gasteiger partial charge in [-0.05, 0) is 18.6 Å². The van der Waals surface area contributed by atoms with Gasteiger partial charge in [0.2, 0.25) is 15.2 Å². The maximum absolute atomic E-state index is 11.2. The first-order chi connectivity index (χ1) is 9.50. The van der Waals surface area contributed by atoms with Crippen LogP contribution in [0, 0.1) is 0 Å². The molecule has 1 aromatic carbocycles. The molecular formula is C12H16N4O2S2. The zero-order valence-corrected chi connectivity index (χ0v) is 12.7. The van der Waals surface area contributed by atoms with Crippen molar-refractivity contribution in [2.45, 2.75) is 24.7 Å². The highest BCUT2D eigenvalue weighted by molar-refractivity contribution is 7.89. The van der Waals surface area contributed by atoms with Gasteiger partial charge in [0.15, 0.2) is 0 Å². The van der Waals surface area contributed by atoms with Crippen molar-refractivity contribution in [3.05, 3.63) is 24.3 Å². The summed E-state index contributed by atoms with van der Waals surface area (Å²) in [5.41, 5.74) is 0.818. The number of aromatic nitrogens is 2. The molecule has 0 fully saturated rings. The van der Waals surface area contributed by atoms with Gasteiger partial charge in [0.25, 0.3) is 0 Å². The lowest BCUT2D eigenvalue weighted by molar-refractivity contribution is 0.598. The number of anilines is 1. The molecule has 2 aromatic rings. The summed E-state index contributed by atoms with van der Waals surface area (Å²) in [6.45, 7) is 3.00. The van der Waals surface area contributed by atoms with Crippen molar-refractivity contribution in [1.82, 2.24) is 10.2 Å². The Balaban J connectivity index is 2.12. The standard InChI is InChI=1S/C12H16N4O2S2/c1-2-3-8-14-12-16-15-11(19-12)9-4-6-10(7-5-9)20(13,17)18/h4-7H,2-3,8H2,1H3,(H,14,16)(H2,13,17,18). The van der Waals surface area contributed by atoms with E-state index >= 15 is 0 Å². The van der Waals surface area contributed by atoms with Crippen molar-refractivity contribution in [3.63, 3.8) is 0 Å². The number of nitrogens with zero attached hydrogens (tertiary/aromatic N) is 2. The van der Waals surface area contributed by atoms with Crippen LogP contribution in [0.25, 0.3) is 10.6 Å². The molecule has 1 heterocycles. The number of unbranched alkanes of at least 4 members (excludes halogenated alkanes) is 1. The van der Waals surface area contributed by atoms with Crippen molar-refractivity contribution >= 4 is 26.5 Å². The fourth-order valence-electron chi connectivity index (χ4n) is 1.57. The minimum Gasteiger partial charge on any atom is -0.360 e. The first-order valence-corrected chi connectivity index (χ1v) is 8.57. The molecule has 0 aliphatic heterocycles. The van der Waals surface area contributed by atoms with Gasteiger partial charge in [0.1, 0.15) is 5.01 Å². The number of nitrogens with two attached hydrogens (primary N) is 1. The van der Waals surface area contributed by atoms with Crippen molar-refractivity contribution in [3.8, 4) is 10.6 Å². The Kier molecular flexibility index (Phi) is 4.69. The van der Waals surface area contributed by atoms with E-state index in [9.17, 15) is 8.42 Å². The molecule has 0 aliphatic rings. The summed E-state index contributed by atoms with van der Waals surface area (Å²) in [6.07, 6.45) is 2.20. The van der Waals surface area contributed by atoms with E-state index in [1.165, 1.54) is 23.5 Å². The molecule has 0 saturated carbocycles. The van der Waals surface area contributed by atoms with E-state index in [0.717, 1.165) is 35.1 Å². The average Bonchev–Trinajstić information content (AvgIpc) is 2.87. The molecule has 8 heteroatoms. The minimum atomic E-state index is -3.66. The third kappa shape index (κ3) is 3.75. The molecule has 0 bridgehead atoms. The Labute approximate surface area is 122 Å². The molecule has 0 atom stereocenters. The topological polar surface area (TPSA) is 98.0 Å². The van der Waals surface area contributed by atoms with Crippen LogP contribution in [0.1, 0.15) is 19.8 Å². The lowest BCUT2D eigenvalue weighted by Crippen LogP contribution is -2.11. The van der Waals surface area contributed by atoms with Crippen LogP contribution in [0.3, 0.4) is 0 Å². The van der Waals surface area contributed by atoms with Crippen LogP contribution in [0.2, 0.25) is 0 Å². The number of benzene rings is 1. The summed E-state index contributed by atoms with van der Waals surface area (Å²) >= 11 is 1.44. The second-order valence-corrected chi connectivity index (χ2v) is 6.80. The number of rotatable bonds is 6. The van der Waals surface area contributed by atoms with Gasteiger partial charge in [-0.1, -0.05) is 36.8 Å². The highest BCUT2D eigenvalue weighted by Gasteiger charge is 2.10. The normalized spacial score (nSPS) is 11.5. The summed E-state index contributed by atoms with van der Waals surface area (Å²) in [6, 6.07) is 6.29. The quantitative estimate of drug-likeness (QED) is 0.796. The zero-order valence-electron chi connectivity index (χ0n) is 11.0. The van der Waals surface area contributed by atoms with E-state index in [0.29, 0.717) is 0 Å². The molecule has 1 aromatic heterocycles. The van der Waals surface area contributed by atoms with Crippen LogP contribution < -0.4 is 10.5 Å². The summed E-state index contributed by atoms with van der Waals surface area (Å²) in [5.74, 6) is 0. The van der Waals surface area contributed by atoms with E-state index in [1.54, 1.807) is 12.1 Å². The maximum atomic E-state index is 11.2. The zero-order chi connectivity index (χ0) is 14.6. The molecular weight excluding hydrogens is 296 g/mol. The molecule has 20 heavy (non-hydrogen) atoms. The van der Waals surface area contributed by atoms with Crippen molar-refractivity contribution in [2.24, 2.45) is 5.14 Å². The number of primary sulfonamides is 1. The van der Waals surface area contributed by atoms with Gasteiger partial charge >= 0.3 is 0 Å². The minimum absolute atomic E-state index is 0.0899. The van der Waals surface area contributed by atoms with Gasteiger partial charge in [-0.25, -0.2) is 13.6 Å². The van der Waals surface area contributed by atoms with E-state index < -0.39 is 10.0 Å². The van der Waals surface area contributed by atoms with Gasteiger partial charge in [0.05, 0.1) is 4.90 Å². The molecule has 3 N–H and O–H groups in total. The second kappa shape index (κ2) is 6.29. The molecule has 6 nitrogen and oxygen atoms in total. The third-order valence-corrected chi connectivity index (χ3v) is 4.52. The van der Waals surface area contributed by atoms with E-state index in [2.05, 4.69) is 22.4 Å². The Morgan fingerprint density at radius 1 is 1.25 bits per heavy atom. The highest BCUT2D eigenvalue weighted by atomic mass is 32.2. The average molecular weight is 312 g/mol. The second-order valence-electron chi connectivity index (χ2n) is 4.26. The predicted molar refractivity (Wildman–Crippen MR) is 80.1 cm³/mol. The molecule has 0 unspecified atom stereocenters. The van der Waals surface area contributed by atoms with E-state index in [4.69, 9.17) is 5.14 Å². The predicted octanol–water partition coefficient (Wildman–Crippen LogP) is 2.06. The van der Waals surface area contributed by atoms with Gasteiger partial charge in [-0.2, -0.15) is 0 Å². The molecule has 0 spiro atoms. The number of nitrogens with one attached hydrogen (secondary N) is 1. The SMILES string of the molecule is CCCCNc1nnc(-c2ccc(S(N)(=O)=O)cc2)s1. The van der Waals surface area contributed by atoms with E-state index in [-0.39, 0.29) is 4.90 Å². The monoisotopic (exact) mass is 312 g/mol. The fraction of sp³-hybridized carbons (Fsp3) is 0.333. The molecule has 0 radical (unpaired) electrons. The van der Waals surface area contributed by atoms with Crippen molar-refractivity contribution in [1.29, 1.82) is 0 Å². The Hall–Kier alpha value is -1.51. The number of hydrogen-bond acceptors (Lipinski definition) is 6. The summed E-state index contributed by atoms with van der Waals surface area (Å²) in [4.78, 5) is 0.0899. The highest BCUT2D eigenvalue weighted by Crippen LogP contribution is 2.26. The van der Waals surface area contributed by atoms with Crippen LogP contribution in [0.5, 0.6) is 0 Å².